The second kappa shape index (κ2) is 7.39. The van der Waals surface area contributed by atoms with Crippen molar-refractivity contribution in [3.05, 3.63) is 28.8 Å². The summed E-state index contributed by atoms with van der Waals surface area (Å²) in [6, 6.07) is 5.06. The van der Waals surface area contributed by atoms with Gasteiger partial charge >= 0.3 is 0 Å². The number of carbonyl (C=O) groups is 1. The highest BCUT2D eigenvalue weighted by molar-refractivity contribution is 6.31. The number of anilines is 1. The van der Waals surface area contributed by atoms with E-state index in [9.17, 15) is 4.79 Å². The van der Waals surface area contributed by atoms with Gasteiger partial charge < -0.3 is 11.1 Å². The Morgan fingerprint density at radius 3 is 2.53 bits per heavy atom. The molecule has 1 unspecified atom stereocenters. The molecule has 0 aliphatic carbocycles. The van der Waals surface area contributed by atoms with Crippen molar-refractivity contribution in [1.29, 1.82) is 0 Å². The minimum atomic E-state index is -0.119. The van der Waals surface area contributed by atoms with Crippen molar-refractivity contribution in [1.82, 2.24) is 5.32 Å². The van der Waals surface area contributed by atoms with Gasteiger partial charge in [-0.15, -0.1) is 0 Å². The number of nitrogens with two attached hydrogens (primary N) is 1. The molecule has 1 aromatic rings. The lowest BCUT2D eigenvalue weighted by atomic mass is 10.0. The summed E-state index contributed by atoms with van der Waals surface area (Å²) in [6.45, 7) is 6.43. The summed E-state index contributed by atoms with van der Waals surface area (Å²) < 4.78 is 0. The zero-order valence-electron chi connectivity index (χ0n) is 11.9. The summed E-state index contributed by atoms with van der Waals surface area (Å²) in [5.41, 5.74) is 6.70. The second-order valence-electron chi connectivity index (χ2n) is 5.47. The van der Waals surface area contributed by atoms with Crippen LogP contribution < -0.4 is 11.1 Å². The van der Waals surface area contributed by atoms with E-state index in [2.05, 4.69) is 19.2 Å². The van der Waals surface area contributed by atoms with Gasteiger partial charge in [-0.3, -0.25) is 4.79 Å². The normalized spacial score (nSPS) is 12.5. The summed E-state index contributed by atoms with van der Waals surface area (Å²) >= 11 is 5.89. The van der Waals surface area contributed by atoms with Gasteiger partial charge in [0.25, 0.3) is 5.91 Å². The van der Waals surface area contributed by atoms with Crippen molar-refractivity contribution >= 4 is 23.2 Å². The number of halogens is 1. The highest BCUT2D eigenvalue weighted by Crippen LogP contribution is 2.17. The van der Waals surface area contributed by atoms with Crippen LogP contribution in [0.2, 0.25) is 5.02 Å². The molecule has 0 bridgehead atoms. The van der Waals surface area contributed by atoms with E-state index >= 15 is 0 Å². The van der Waals surface area contributed by atoms with Crippen molar-refractivity contribution in [3.8, 4) is 0 Å². The van der Waals surface area contributed by atoms with Gasteiger partial charge in [-0.2, -0.15) is 0 Å². The lowest BCUT2D eigenvalue weighted by Gasteiger charge is -2.15. The van der Waals surface area contributed by atoms with E-state index in [-0.39, 0.29) is 11.9 Å². The monoisotopic (exact) mass is 282 g/mol. The average molecular weight is 283 g/mol. The molecular weight excluding hydrogens is 260 g/mol. The van der Waals surface area contributed by atoms with E-state index in [0.717, 1.165) is 12.8 Å². The predicted octanol–water partition coefficient (Wildman–Crippen LogP) is 3.87. The number of hydrogen-bond acceptors (Lipinski definition) is 2. The first kappa shape index (κ1) is 15.8. The first-order valence-electron chi connectivity index (χ1n) is 6.75. The Kier molecular flexibility index (Phi) is 6.16. The molecule has 0 saturated heterocycles. The molecule has 106 valence electrons. The van der Waals surface area contributed by atoms with Gasteiger partial charge in [0.15, 0.2) is 0 Å². The third kappa shape index (κ3) is 5.97. The Hall–Kier alpha value is -1.22. The maximum atomic E-state index is 12.0. The van der Waals surface area contributed by atoms with E-state index in [1.165, 1.54) is 6.42 Å². The highest BCUT2D eigenvalue weighted by Gasteiger charge is 2.11. The summed E-state index contributed by atoms with van der Waals surface area (Å²) in [6.07, 6.45) is 3.29. The van der Waals surface area contributed by atoms with Crippen LogP contribution in [0.3, 0.4) is 0 Å². The molecule has 0 aliphatic rings. The standard InChI is InChI=1S/C15H23ClN2O/c1-10(2)5-4-6-11(3)18-15(19)12-7-13(16)9-14(17)8-12/h7-11H,4-6,17H2,1-3H3,(H,18,19). The van der Waals surface area contributed by atoms with Crippen LogP contribution >= 0.6 is 11.6 Å². The van der Waals surface area contributed by atoms with Crippen LogP contribution in [0.5, 0.6) is 0 Å². The SMILES string of the molecule is CC(C)CCCC(C)NC(=O)c1cc(N)cc(Cl)c1. The highest BCUT2D eigenvalue weighted by atomic mass is 35.5. The summed E-state index contributed by atoms with van der Waals surface area (Å²) in [4.78, 5) is 12.0. The minimum Gasteiger partial charge on any atom is -0.399 e. The number of carbonyl (C=O) groups excluding carboxylic acids is 1. The third-order valence-electron chi connectivity index (χ3n) is 2.98. The third-order valence-corrected chi connectivity index (χ3v) is 3.20. The smallest absolute Gasteiger partial charge is 0.251 e. The quantitative estimate of drug-likeness (QED) is 0.778. The zero-order chi connectivity index (χ0) is 14.4. The minimum absolute atomic E-state index is 0.119. The van der Waals surface area contributed by atoms with Crippen molar-refractivity contribution in [2.75, 3.05) is 5.73 Å². The van der Waals surface area contributed by atoms with Gasteiger partial charge in [0.1, 0.15) is 0 Å². The molecule has 0 fully saturated rings. The molecule has 3 N–H and O–H groups in total. The van der Waals surface area contributed by atoms with E-state index in [4.69, 9.17) is 17.3 Å². The number of nitrogens with one attached hydrogen (secondary N) is 1. The number of rotatable bonds is 6. The van der Waals surface area contributed by atoms with Crippen LogP contribution in [0.4, 0.5) is 5.69 Å². The number of amides is 1. The number of benzene rings is 1. The maximum absolute atomic E-state index is 12.0. The van der Waals surface area contributed by atoms with Gasteiger partial charge in [-0.1, -0.05) is 38.3 Å². The fourth-order valence-electron chi connectivity index (χ4n) is 1.96. The molecule has 4 heteroatoms. The topological polar surface area (TPSA) is 55.1 Å². The van der Waals surface area contributed by atoms with Crippen LogP contribution in [0, 0.1) is 5.92 Å². The lowest BCUT2D eigenvalue weighted by Crippen LogP contribution is -2.32. The van der Waals surface area contributed by atoms with Gasteiger partial charge in [0, 0.05) is 22.3 Å². The Morgan fingerprint density at radius 1 is 1.26 bits per heavy atom. The molecule has 1 atom stereocenters. The first-order valence-corrected chi connectivity index (χ1v) is 7.13. The molecule has 0 radical (unpaired) electrons. The van der Waals surface area contributed by atoms with Crippen LogP contribution in [0.1, 0.15) is 50.4 Å². The van der Waals surface area contributed by atoms with Gasteiger partial charge in [0.2, 0.25) is 0 Å². The van der Waals surface area contributed by atoms with Gasteiger partial charge in [-0.25, -0.2) is 0 Å². The molecule has 0 aliphatic heterocycles. The zero-order valence-corrected chi connectivity index (χ0v) is 12.6. The number of nitrogen functional groups attached to an aromatic ring is 1. The molecule has 0 aromatic heterocycles. The fourth-order valence-corrected chi connectivity index (χ4v) is 2.20. The van der Waals surface area contributed by atoms with Gasteiger partial charge in [0.05, 0.1) is 0 Å². The van der Waals surface area contributed by atoms with E-state index in [0.29, 0.717) is 22.2 Å². The molecule has 0 saturated carbocycles. The fraction of sp³-hybridized carbons (Fsp3) is 0.533. The maximum Gasteiger partial charge on any atom is 0.251 e. The second-order valence-corrected chi connectivity index (χ2v) is 5.91. The van der Waals surface area contributed by atoms with Crippen LogP contribution in [0.25, 0.3) is 0 Å². The van der Waals surface area contributed by atoms with Crippen LogP contribution in [-0.4, -0.2) is 11.9 Å². The Morgan fingerprint density at radius 2 is 1.95 bits per heavy atom. The predicted molar refractivity (Wildman–Crippen MR) is 81.5 cm³/mol. The van der Waals surface area contributed by atoms with Crippen molar-refractivity contribution in [2.24, 2.45) is 5.92 Å². The summed E-state index contributed by atoms with van der Waals surface area (Å²) in [7, 11) is 0. The van der Waals surface area contributed by atoms with Gasteiger partial charge in [-0.05, 0) is 37.5 Å². The molecular formula is C15H23ClN2O. The Balaban J connectivity index is 2.49. The van der Waals surface area contributed by atoms with E-state index < -0.39 is 0 Å². The van der Waals surface area contributed by atoms with Crippen molar-refractivity contribution in [2.45, 2.75) is 46.1 Å². The summed E-state index contributed by atoms with van der Waals surface area (Å²) in [5.74, 6) is 0.585. The molecule has 0 spiro atoms. The van der Waals surface area contributed by atoms with E-state index in [1.54, 1.807) is 18.2 Å². The van der Waals surface area contributed by atoms with Crippen molar-refractivity contribution in [3.63, 3.8) is 0 Å². The Bertz CT molecular complexity index is 412. The molecule has 19 heavy (non-hydrogen) atoms. The van der Waals surface area contributed by atoms with Crippen LogP contribution in [0.15, 0.2) is 18.2 Å². The van der Waals surface area contributed by atoms with Crippen molar-refractivity contribution < 1.29 is 4.79 Å². The molecule has 3 nitrogen and oxygen atoms in total. The largest absolute Gasteiger partial charge is 0.399 e. The molecule has 1 rings (SSSR count). The number of hydrogen-bond donors (Lipinski definition) is 2. The van der Waals surface area contributed by atoms with E-state index in [1.807, 2.05) is 6.92 Å². The first-order chi connectivity index (χ1) is 8.88. The summed E-state index contributed by atoms with van der Waals surface area (Å²) in [5, 5.41) is 3.46. The average Bonchev–Trinajstić information content (AvgIpc) is 2.26. The lowest BCUT2D eigenvalue weighted by molar-refractivity contribution is 0.0938. The molecule has 0 heterocycles. The molecule has 1 amide bonds. The Labute approximate surface area is 120 Å². The van der Waals surface area contributed by atoms with Crippen LogP contribution in [-0.2, 0) is 0 Å². The molecule has 1 aromatic carbocycles.